The molecule has 0 amide bonds. The van der Waals surface area contributed by atoms with E-state index >= 15 is 0 Å². The summed E-state index contributed by atoms with van der Waals surface area (Å²) in [5.41, 5.74) is -3.60. The largest absolute Gasteiger partial charge is 0.454 e. The number of hydrogen-bond donors (Lipinski definition) is 1. The van der Waals surface area contributed by atoms with Crippen molar-refractivity contribution in [3.05, 3.63) is 29.7 Å². The predicted molar refractivity (Wildman–Crippen MR) is 67.1 cm³/mol. The van der Waals surface area contributed by atoms with Gasteiger partial charge < -0.3 is 14.6 Å². The van der Waals surface area contributed by atoms with Gasteiger partial charge in [0, 0.05) is 8.22 Å². The minimum atomic E-state index is -3.27. The number of hydrogen-bond acceptors (Lipinski definition) is 3. The van der Waals surface area contributed by atoms with E-state index in [-0.39, 0.29) is 0 Å². The van der Waals surface area contributed by atoms with Crippen LogP contribution in [0.5, 0.6) is 11.5 Å². The maximum Gasteiger partial charge on any atom is 0.231 e. The first-order chi connectivity index (χ1) is 13.3. The number of ether oxygens (including phenoxy) is 2. The van der Waals surface area contributed by atoms with E-state index in [1.165, 1.54) is 0 Å². The van der Waals surface area contributed by atoms with E-state index < -0.39 is 79.3 Å². The van der Waals surface area contributed by atoms with Crippen molar-refractivity contribution < 1.29 is 32.4 Å². The molecule has 0 aromatic heterocycles. The minimum absolute atomic E-state index is 0.562. The lowest BCUT2D eigenvalue weighted by molar-refractivity contribution is 0.106. The maximum atomic E-state index is 10.5. The Morgan fingerprint density at radius 2 is 2.35 bits per heavy atom. The zero-order valence-electron chi connectivity index (χ0n) is 21.8. The van der Waals surface area contributed by atoms with Crippen molar-refractivity contribution >= 4 is 6.05 Å². The number of benzene rings is 1. The van der Waals surface area contributed by atoms with E-state index in [0.717, 1.165) is 0 Å². The van der Waals surface area contributed by atoms with E-state index in [1.54, 1.807) is 0 Å². The van der Waals surface area contributed by atoms with Crippen LogP contribution in [0.3, 0.4) is 0 Å². The lowest BCUT2D eigenvalue weighted by Gasteiger charge is -2.22. The van der Waals surface area contributed by atoms with Gasteiger partial charge in [-0.15, -0.1) is 0 Å². The van der Waals surface area contributed by atoms with Crippen LogP contribution in [-0.4, -0.2) is 18.0 Å². The van der Waals surface area contributed by atoms with E-state index in [1.807, 2.05) is 0 Å². The number of aliphatic hydroxyl groups excluding tert-OH is 1. The van der Waals surface area contributed by atoms with Gasteiger partial charge in [0.1, 0.15) is 2.74 Å². The summed E-state index contributed by atoms with van der Waals surface area (Å²) in [7, 11) is 0. The zero-order chi connectivity index (χ0) is 23.6. The molecule has 1 atom stereocenters. The molecule has 0 aliphatic carbocycles. The fourth-order valence-corrected chi connectivity index (χ4v) is 0.973. The second-order valence-electron chi connectivity index (χ2n) is 3.57. The maximum absolute atomic E-state index is 10.5. The Hall–Kier alpha value is -1.48. The third-order valence-corrected chi connectivity index (χ3v) is 1.91. The summed E-state index contributed by atoms with van der Waals surface area (Å²) in [6, 6.07) is -4.69. The molecule has 1 aromatic carbocycles. The molecule has 1 aliphatic heterocycles. The molecule has 0 radical (unpaired) electrons. The summed E-state index contributed by atoms with van der Waals surface area (Å²) in [5.74, 6) is -1.18. The Balaban J connectivity index is 2.73. The SMILES string of the molecule is [2H]/C(=C(/[2H])C(O)C(C)(C([2H])([2H])[2H])C([2H])([2H])[2H])c1c([2H])c([2H])c2c(c1[2H])OC([2H])([2H])O2. The second kappa shape index (κ2) is 4.41. The highest BCUT2D eigenvalue weighted by Gasteiger charge is 2.19. The fourth-order valence-electron chi connectivity index (χ4n) is 0.973. The van der Waals surface area contributed by atoms with Crippen molar-refractivity contribution in [2.75, 3.05) is 6.75 Å². The van der Waals surface area contributed by atoms with Crippen LogP contribution < -0.4 is 9.47 Å². The van der Waals surface area contributed by atoms with E-state index in [9.17, 15) is 5.11 Å². The molecule has 1 aromatic rings. The van der Waals surface area contributed by atoms with E-state index in [2.05, 4.69) is 0 Å². The minimum Gasteiger partial charge on any atom is -0.454 e. The molecule has 0 saturated heterocycles. The van der Waals surface area contributed by atoms with Crippen LogP contribution in [-0.2, 0) is 0 Å². The standard InChI is InChI=1S/C14H18O3/c1-14(2,3)13(15)7-5-10-4-6-11-12(8-10)17-9-16-11/h4-8,13,15H,9H2,1-3H3/b7-5+/i1D3,2D3,4D,5D,6D,7D,8D,9D2. The first-order valence-electron chi connectivity index (χ1n) is 11.2. The van der Waals surface area contributed by atoms with Gasteiger partial charge in [-0.25, -0.2) is 0 Å². The predicted octanol–water partition coefficient (Wildman–Crippen LogP) is 2.84. The van der Waals surface area contributed by atoms with Crippen molar-refractivity contribution in [1.82, 2.24) is 0 Å². The first kappa shape index (κ1) is 3.75. The molecule has 0 bridgehead atoms. The smallest absolute Gasteiger partial charge is 0.231 e. The fraction of sp³-hybridized carbons (Fsp3) is 0.429. The molecule has 17 heavy (non-hydrogen) atoms. The lowest BCUT2D eigenvalue weighted by atomic mass is 9.89. The summed E-state index contributed by atoms with van der Waals surface area (Å²) in [4.78, 5) is 0. The molecule has 3 nitrogen and oxygen atoms in total. The highest BCUT2D eigenvalue weighted by Crippen LogP contribution is 2.33. The van der Waals surface area contributed by atoms with Crippen molar-refractivity contribution in [3.8, 4) is 11.5 Å². The highest BCUT2D eigenvalue weighted by molar-refractivity contribution is 5.56. The molecule has 2 rings (SSSR count). The second-order valence-corrected chi connectivity index (χ2v) is 3.57. The molecular formula is C14H18O3. The van der Waals surface area contributed by atoms with E-state index in [4.69, 9.17) is 27.3 Å². The summed E-state index contributed by atoms with van der Waals surface area (Å²) >= 11 is 0. The molecular weight excluding hydrogens is 216 g/mol. The van der Waals surface area contributed by atoms with Gasteiger partial charge in [-0.1, -0.05) is 38.8 Å². The molecule has 1 unspecified atom stereocenters. The molecule has 0 fully saturated rings. The summed E-state index contributed by atoms with van der Waals surface area (Å²) in [5, 5.41) is 10.5. The average Bonchev–Trinajstić information content (AvgIpc) is 2.91. The Kier molecular flexibility index (Phi) is 0.975. The quantitative estimate of drug-likeness (QED) is 0.873. The van der Waals surface area contributed by atoms with Crippen LogP contribution >= 0.6 is 0 Å². The van der Waals surface area contributed by atoms with Gasteiger partial charge in [-0.2, -0.15) is 0 Å². The number of aliphatic hydroxyl groups is 1. The van der Waals surface area contributed by atoms with Crippen LogP contribution in [0.1, 0.15) is 44.0 Å². The van der Waals surface area contributed by atoms with Gasteiger partial charge in [-0.3, -0.25) is 0 Å². The van der Waals surface area contributed by atoms with E-state index in [0.29, 0.717) is 6.92 Å². The van der Waals surface area contributed by atoms with Crippen molar-refractivity contribution in [3.63, 3.8) is 0 Å². The van der Waals surface area contributed by atoms with Gasteiger partial charge in [0.25, 0.3) is 0 Å². The molecule has 0 spiro atoms. The Morgan fingerprint density at radius 3 is 3.12 bits per heavy atom. The number of rotatable bonds is 2. The third kappa shape index (κ3) is 2.80. The molecule has 1 heterocycles. The highest BCUT2D eigenvalue weighted by atomic mass is 16.7. The zero-order valence-corrected chi connectivity index (χ0v) is 8.84. The normalized spacial score (nSPS) is 33.2. The lowest BCUT2D eigenvalue weighted by Crippen LogP contribution is -2.23. The molecule has 3 heteroatoms. The monoisotopic (exact) mass is 247 g/mol. The van der Waals surface area contributed by atoms with Gasteiger partial charge in [-0.05, 0) is 23.1 Å². The van der Waals surface area contributed by atoms with Gasteiger partial charge >= 0.3 is 0 Å². The van der Waals surface area contributed by atoms with Crippen LogP contribution in [0.2, 0.25) is 0 Å². The average molecular weight is 247 g/mol. The van der Waals surface area contributed by atoms with Crippen LogP contribution in [0.25, 0.3) is 6.05 Å². The van der Waals surface area contributed by atoms with Crippen LogP contribution in [0, 0.1) is 5.41 Å². The Bertz CT molecular complexity index is 886. The summed E-state index contributed by atoms with van der Waals surface area (Å²) in [6.45, 7) is -8.57. The van der Waals surface area contributed by atoms with Crippen molar-refractivity contribution in [1.29, 1.82) is 0 Å². The Morgan fingerprint density at radius 1 is 1.59 bits per heavy atom. The van der Waals surface area contributed by atoms with Crippen LogP contribution in [0.4, 0.5) is 0 Å². The van der Waals surface area contributed by atoms with Crippen molar-refractivity contribution in [2.45, 2.75) is 26.7 Å². The topological polar surface area (TPSA) is 38.7 Å². The third-order valence-electron chi connectivity index (χ3n) is 1.91. The summed E-state index contributed by atoms with van der Waals surface area (Å²) in [6.07, 6.45) is -2.52. The molecule has 0 saturated carbocycles. The van der Waals surface area contributed by atoms with Gasteiger partial charge in [0.15, 0.2) is 11.5 Å². The molecule has 1 aliphatic rings. The Labute approximate surface area is 120 Å². The van der Waals surface area contributed by atoms with Crippen LogP contribution in [0.15, 0.2) is 24.2 Å². The number of fused-ring (bicyclic) bond motifs is 1. The first-order valence-corrected chi connectivity index (χ1v) is 4.65. The molecule has 1 N–H and O–H groups in total. The van der Waals surface area contributed by atoms with Gasteiger partial charge in [0.2, 0.25) is 6.75 Å². The summed E-state index contributed by atoms with van der Waals surface area (Å²) < 4.78 is 110. The van der Waals surface area contributed by atoms with Crippen molar-refractivity contribution in [2.24, 2.45) is 5.41 Å². The molecule has 92 valence electrons. The van der Waals surface area contributed by atoms with Gasteiger partial charge in [0.05, 0.1) is 13.0 Å².